The van der Waals surface area contributed by atoms with Gasteiger partial charge in [0.1, 0.15) is 10.8 Å². The first-order valence-corrected chi connectivity index (χ1v) is 8.51. The van der Waals surface area contributed by atoms with Gasteiger partial charge >= 0.3 is 0 Å². The number of guanidine groups is 1. The summed E-state index contributed by atoms with van der Waals surface area (Å²) in [5.41, 5.74) is 2.65. The Labute approximate surface area is 140 Å². The fourth-order valence-corrected chi connectivity index (χ4v) is 2.88. The van der Waals surface area contributed by atoms with E-state index in [1.165, 1.54) is 0 Å². The maximum Gasteiger partial charge on any atom is 0.191 e. The van der Waals surface area contributed by atoms with E-state index < -0.39 is 0 Å². The van der Waals surface area contributed by atoms with E-state index in [2.05, 4.69) is 39.8 Å². The number of hydrogen-bond acceptors (Lipinski definition) is 3. The summed E-state index contributed by atoms with van der Waals surface area (Å²) >= 11 is 1.64. The van der Waals surface area contributed by atoms with Crippen molar-refractivity contribution < 1.29 is 4.39 Å². The number of thiazole rings is 1. The van der Waals surface area contributed by atoms with Crippen LogP contribution in [0.4, 0.5) is 4.39 Å². The van der Waals surface area contributed by atoms with E-state index in [0.29, 0.717) is 30.5 Å². The van der Waals surface area contributed by atoms with Crippen LogP contribution in [0.5, 0.6) is 0 Å². The van der Waals surface area contributed by atoms with Crippen LogP contribution in [0.2, 0.25) is 0 Å². The van der Waals surface area contributed by atoms with Crippen LogP contribution in [0.1, 0.15) is 41.6 Å². The van der Waals surface area contributed by atoms with Crippen LogP contribution < -0.4 is 10.6 Å². The van der Waals surface area contributed by atoms with E-state index in [9.17, 15) is 4.39 Å². The van der Waals surface area contributed by atoms with Crippen LogP contribution in [0.3, 0.4) is 0 Å². The van der Waals surface area contributed by atoms with Gasteiger partial charge < -0.3 is 10.6 Å². The molecule has 0 atom stereocenters. The fraction of sp³-hybridized carbons (Fsp3) is 0.412. The highest BCUT2D eigenvalue weighted by atomic mass is 32.1. The van der Waals surface area contributed by atoms with Crippen molar-refractivity contribution in [1.29, 1.82) is 0 Å². The van der Waals surface area contributed by atoms with Crippen molar-refractivity contribution in [2.75, 3.05) is 7.05 Å². The highest BCUT2D eigenvalue weighted by Crippen LogP contribution is 2.17. The SMILES string of the molecule is CN=C(NCc1ccc(C)c(F)c1)NCc1nc(C(C)C)cs1. The molecule has 124 valence electrons. The predicted octanol–water partition coefficient (Wildman–Crippen LogP) is 3.58. The maximum absolute atomic E-state index is 13.5. The second kappa shape index (κ2) is 8.06. The zero-order valence-electron chi connectivity index (χ0n) is 14.0. The van der Waals surface area contributed by atoms with Gasteiger partial charge in [0.25, 0.3) is 0 Å². The molecule has 0 aliphatic heterocycles. The zero-order valence-corrected chi connectivity index (χ0v) is 14.8. The minimum absolute atomic E-state index is 0.184. The third-order valence-corrected chi connectivity index (χ3v) is 4.35. The molecule has 0 fully saturated rings. The summed E-state index contributed by atoms with van der Waals surface area (Å²) in [7, 11) is 1.71. The molecule has 0 saturated carbocycles. The predicted molar refractivity (Wildman–Crippen MR) is 94.4 cm³/mol. The average molecular weight is 334 g/mol. The molecule has 2 rings (SSSR count). The van der Waals surface area contributed by atoms with Gasteiger partial charge in [-0.1, -0.05) is 26.0 Å². The van der Waals surface area contributed by atoms with E-state index in [4.69, 9.17) is 0 Å². The van der Waals surface area contributed by atoms with Gasteiger partial charge in [0.05, 0.1) is 12.2 Å². The summed E-state index contributed by atoms with van der Waals surface area (Å²) in [4.78, 5) is 8.76. The summed E-state index contributed by atoms with van der Waals surface area (Å²) in [6.45, 7) is 7.17. The topological polar surface area (TPSA) is 49.3 Å². The van der Waals surface area contributed by atoms with Crippen molar-refractivity contribution in [2.24, 2.45) is 4.99 Å². The largest absolute Gasteiger partial charge is 0.352 e. The van der Waals surface area contributed by atoms with Gasteiger partial charge in [0, 0.05) is 19.0 Å². The van der Waals surface area contributed by atoms with Crippen molar-refractivity contribution in [3.8, 4) is 0 Å². The molecule has 1 aromatic heterocycles. The van der Waals surface area contributed by atoms with E-state index in [-0.39, 0.29) is 5.82 Å². The molecule has 0 spiro atoms. The number of nitrogens with one attached hydrogen (secondary N) is 2. The Morgan fingerprint density at radius 3 is 2.65 bits per heavy atom. The van der Waals surface area contributed by atoms with E-state index in [1.807, 2.05) is 6.07 Å². The molecule has 0 amide bonds. The van der Waals surface area contributed by atoms with Crippen LogP contribution in [0.15, 0.2) is 28.6 Å². The van der Waals surface area contributed by atoms with Crippen LogP contribution >= 0.6 is 11.3 Å². The molecule has 2 N–H and O–H groups in total. The Kier molecular flexibility index (Phi) is 6.10. The van der Waals surface area contributed by atoms with Crippen molar-refractivity contribution in [1.82, 2.24) is 15.6 Å². The first-order valence-electron chi connectivity index (χ1n) is 7.63. The highest BCUT2D eigenvalue weighted by molar-refractivity contribution is 7.09. The molecule has 0 aliphatic carbocycles. The maximum atomic E-state index is 13.5. The van der Waals surface area contributed by atoms with Gasteiger partial charge in [-0.05, 0) is 30.0 Å². The number of hydrogen-bond donors (Lipinski definition) is 2. The van der Waals surface area contributed by atoms with Gasteiger partial charge in [-0.15, -0.1) is 11.3 Å². The molecule has 0 saturated heterocycles. The lowest BCUT2D eigenvalue weighted by molar-refractivity contribution is 0.615. The average Bonchev–Trinajstić information content (AvgIpc) is 3.00. The Morgan fingerprint density at radius 1 is 1.30 bits per heavy atom. The molecule has 6 heteroatoms. The number of nitrogens with zero attached hydrogens (tertiary/aromatic N) is 2. The second-order valence-electron chi connectivity index (χ2n) is 5.68. The Balaban J connectivity index is 1.86. The van der Waals surface area contributed by atoms with Crippen LogP contribution in [0, 0.1) is 12.7 Å². The minimum Gasteiger partial charge on any atom is -0.352 e. The molecule has 4 nitrogen and oxygen atoms in total. The molecule has 1 heterocycles. The zero-order chi connectivity index (χ0) is 16.8. The third-order valence-electron chi connectivity index (χ3n) is 3.49. The molecule has 1 aromatic carbocycles. The standard InChI is InChI=1S/C17H23FN4S/c1-11(2)15-10-23-16(22-15)9-21-17(19-4)20-8-13-6-5-12(3)14(18)7-13/h5-7,10-11H,8-9H2,1-4H3,(H2,19,20,21). The quantitative estimate of drug-likeness (QED) is 0.649. The van der Waals surface area contributed by atoms with Gasteiger partial charge in [0.15, 0.2) is 5.96 Å². The van der Waals surface area contributed by atoms with E-state index in [0.717, 1.165) is 16.3 Å². The second-order valence-corrected chi connectivity index (χ2v) is 6.63. The number of aromatic nitrogens is 1. The van der Waals surface area contributed by atoms with Crippen molar-refractivity contribution in [3.05, 3.63) is 51.2 Å². The molecular weight excluding hydrogens is 311 g/mol. The van der Waals surface area contributed by atoms with Crippen LogP contribution in [-0.2, 0) is 13.1 Å². The van der Waals surface area contributed by atoms with Gasteiger partial charge in [-0.3, -0.25) is 4.99 Å². The normalized spacial score (nSPS) is 11.8. The smallest absolute Gasteiger partial charge is 0.191 e. The van der Waals surface area contributed by atoms with Gasteiger partial charge in [-0.2, -0.15) is 0 Å². The molecular formula is C17H23FN4S. The minimum atomic E-state index is -0.184. The lowest BCUT2D eigenvalue weighted by atomic mass is 10.1. The molecule has 0 aliphatic rings. The van der Waals surface area contributed by atoms with Gasteiger partial charge in [0.2, 0.25) is 0 Å². The summed E-state index contributed by atoms with van der Waals surface area (Å²) in [5, 5.41) is 9.52. The number of benzene rings is 1. The van der Waals surface area contributed by atoms with E-state index in [1.54, 1.807) is 37.4 Å². The third kappa shape index (κ3) is 5.03. The molecule has 0 unspecified atom stereocenters. The van der Waals surface area contributed by atoms with Gasteiger partial charge in [-0.25, -0.2) is 9.37 Å². The Morgan fingerprint density at radius 2 is 2.04 bits per heavy atom. The molecule has 23 heavy (non-hydrogen) atoms. The first-order chi connectivity index (χ1) is 11.0. The van der Waals surface area contributed by atoms with E-state index >= 15 is 0 Å². The number of halogens is 1. The first kappa shape index (κ1) is 17.4. The number of aliphatic imine (C=N–C) groups is 1. The Hall–Kier alpha value is -1.95. The van der Waals surface area contributed by atoms with Crippen molar-refractivity contribution in [3.63, 3.8) is 0 Å². The lowest BCUT2D eigenvalue weighted by Crippen LogP contribution is -2.36. The lowest BCUT2D eigenvalue weighted by Gasteiger charge is -2.11. The highest BCUT2D eigenvalue weighted by Gasteiger charge is 2.06. The summed E-state index contributed by atoms with van der Waals surface area (Å²) in [6, 6.07) is 5.24. The van der Waals surface area contributed by atoms with Crippen molar-refractivity contribution >= 4 is 17.3 Å². The summed E-state index contributed by atoms with van der Waals surface area (Å²) in [5.74, 6) is 0.928. The Bertz CT molecular complexity index is 679. The monoisotopic (exact) mass is 334 g/mol. The van der Waals surface area contributed by atoms with Crippen LogP contribution in [0.25, 0.3) is 0 Å². The van der Waals surface area contributed by atoms with Crippen LogP contribution in [-0.4, -0.2) is 18.0 Å². The fourth-order valence-electron chi connectivity index (χ4n) is 1.98. The summed E-state index contributed by atoms with van der Waals surface area (Å²) < 4.78 is 13.5. The number of rotatable bonds is 5. The molecule has 0 bridgehead atoms. The molecule has 0 radical (unpaired) electrons. The van der Waals surface area contributed by atoms with Crippen molar-refractivity contribution in [2.45, 2.75) is 39.8 Å². The molecule has 2 aromatic rings. The summed E-state index contributed by atoms with van der Waals surface area (Å²) in [6.07, 6.45) is 0. The number of aryl methyl sites for hydroxylation is 1.